The van der Waals surface area contributed by atoms with Crippen LogP contribution in [0, 0.1) is 0 Å². The van der Waals surface area contributed by atoms with Gasteiger partial charge in [0, 0.05) is 16.1 Å². The van der Waals surface area contributed by atoms with Gasteiger partial charge in [0.2, 0.25) is 5.91 Å². The van der Waals surface area contributed by atoms with Crippen LogP contribution in [-0.2, 0) is 4.79 Å². The third kappa shape index (κ3) is 3.48. The van der Waals surface area contributed by atoms with Crippen molar-refractivity contribution in [2.75, 3.05) is 6.54 Å². The van der Waals surface area contributed by atoms with E-state index in [1.807, 2.05) is 30.3 Å². The average molecular weight is 319 g/mol. The van der Waals surface area contributed by atoms with Crippen LogP contribution in [0.4, 0.5) is 0 Å². The molecule has 0 bridgehead atoms. The van der Waals surface area contributed by atoms with Gasteiger partial charge in [0.25, 0.3) is 0 Å². The van der Waals surface area contributed by atoms with E-state index in [1.54, 1.807) is 0 Å². The van der Waals surface area contributed by atoms with Crippen molar-refractivity contribution >= 4 is 27.3 Å². The molecular weight excluding hydrogens is 298 g/mol. The molecule has 1 atom stereocenters. The minimum absolute atomic E-state index is 0.131. The molecule has 1 aromatic carbocycles. The summed E-state index contributed by atoms with van der Waals surface area (Å²) < 4.78 is 1.13. The van der Waals surface area contributed by atoms with Gasteiger partial charge in [0.15, 0.2) is 0 Å². The molecule has 1 aliphatic rings. The summed E-state index contributed by atoms with van der Waals surface area (Å²) in [5.74, 6) is -0.190. The number of aliphatic hydroxyl groups excluding tert-OH is 1. The Bertz CT molecular complexity index is 628. The van der Waals surface area contributed by atoms with E-state index in [-0.39, 0.29) is 18.9 Å². The average Bonchev–Trinajstić information content (AvgIpc) is 3.10. The third-order valence-corrected chi connectivity index (χ3v) is 5.51. The first-order chi connectivity index (χ1) is 10.6. The molecule has 0 spiro atoms. The molecule has 5 heteroatoms. The standard InChI is InChI=1S/C17H21NO3S/c19-13(15-9-12-5-1-2-6-14(12)22-15)11-18-16(20)10-17(21)7-3-4-8-17/h1-2,5-6,9,13,19,21H,3-4,7-8,10-11H2,(H,18,20). The number of benzene rings is 1. The van der Waals surface area contributed by atoms with E-state index in [1.165, 1.54) is 11.3 Å². The number of nitrogens with one attached hydrogen (secondary N) is 1. The maximum atomic E-state index is 11.9. The Labute approximate surface area is 133 Å². The first-order valence-electron chi connectivity index (χ1n) is 7.71. The Hall–Kier alpha value is -1.43. The zero-order valence-electron chi connectivity index (χ0n) is 12.4. The van der Waals surface area contributed by atoms with Crippen molar-refractivity contribution in [3.05, 3.63) is 35.2 Å². The number of hydrogen-bond donors (Lipinski definition) is 3. The molecule has 1 heterocycles. The van der Waals surface area contributed by atoms with Crippen LogP contribution >= 0.6 is 11.3 Å². The second kappa shape index (κ2) is 6.36. The van der Waals surface area contributed by atoms with Gasteiger partial charge in [-0.2, -0.15) is 0 Å². The van der Waals surface area contributed by atoms with Crippen molar-refractivity contribution < 1.29 is 15.0 Å². The highest BCUT2D eigenvalue weighted by atomic mass is 32.1. The van der Waals surface area contributed by atoms with E-state index in [9.17, 15) is 15.0 Å². The zero-order chi connectivity index (χ0) is 15.6. The number of amides is 1. The predicted molar refractivity (Wildman–Crippen MR) is 87.8 cm³/mol. The lowest BCUT2D eigenvalue weighted by Crippen LogP contribution is -2.36. The number of rotatable bonds is 5. The Morgan fingerprint density at radius 3 is 2.77 bits per heavy atom. The highest BCUT2D eigenvalue weighted by Crippen LogP contribution is 2.32. The zero-order valence-corrected chi connectivity index (χ0v) is 13.2. The summed E-state index contributed by atoms with van der Waals surface area (Å²) in [6, 6.07) is 9.93. The van der Waals surface area contributed by atoms with Gasteiger partial charge in [-0.15, -0.1) is 11.3 Å². The first-order valence-corrected chi connectivity index (χ1v) is 8.53. The van der Waals surface area contributed by atoms with Crippen LogP contribution in [0.5, 0.6) is 0 Å². The molecule has 1 saturated carbocycles. The summed E-state index contributed by atoms with van der Waals surface area (Å²) in [6.45, 7) is 0.182. The molecule has 4 nitrogen and oxygen atoms in total. The second-order valence-electron chi connectivity index (χ2n) is 6.11. The Kier molecular flexibility index (Phi) is 4.47. The Morgan fingerprint density at radius 2 is 2.05 bits per heavy atom. The highest BCUT2D eigenvalue weighted by Gasteiger charge is 2.33. The highest BCUT2D eigenvalue weighted by molar-refractivity contribution is 7.19. The SMILES string of the molecule is O=C(CC1(O)CCCC1)NCC(O)c1cc2ccccc2s1. The van der Waals surface area contributed by atoms with Gasteiger partial charge in [-0.3, -0.25) is 4.79 Å². The Morgan fingerprint density at radius 1 is 1.32 bits per heavy atom. The summed E-state index contributed by atoms with van der Waals surface area (Å²) in [5, 5.41) is 24.3. The molecule has 3 rings (SSSR count). The van der Waals surface area contributed by atoms with Gasteiger partial charge in [0.05, 0.1) is 12.0 Å². The van der Waals surface area contributed by atoms with E-state index in [0.717, 1.165) is 27.8 Å². The van der Waals surface area contributed by atoms with Crippen molar-refractivity contribution in [1.29, 1.82) is 0 Å². The Balaban J connectivity index is 1.55. The number of aliphatic hydroxyl groups is 2. The van der Waals surface area contributed by atoms with Gasteiger partial charge in [-0.05, 0) is 30.4 Å². The molecule has 1 aliphatic carbocycles. The fraction of sp³-hybridized carbons (Fsp3) is 0.471. The maximum absolute atomic E-state index is 11.9. The normalized spacial score (nSPS) is 18.5. The van der Waals surface area contributed by atoms with Crippen LogP contribution in [0.15, 0.2) is 30.3 Å². The van der Waals surface area contributed by atoms with Crippen LogP contribution in [0.3, 0.4) is 0 Å². The summed E-state index contributed by atoms with van der Waals surface area (Å²) >= 11 is 1.54. The lowest BCUT2D eigenvalue weighted by atomic mass is 9.98. The van der Waals surface area contributed by atoms with Gasteiger partial charge < -0.3 is 15.5 Å². The van der Waals surface area contributed by atoms with Gasteiger partial charge in [-0.1, -0.05) is 31.0 Å². The van der Waals surface area contributed by atoms with Crippen LogP contribution in [0.25, 0.3) is 10.1 Å². The predicted octanol–water partition coefficient (Wildman–Crippen LogP) is 2.75. The van der Waals surface area contributed by atoms with Crippen LogP contribution < -0.4 is 5.32 Å². The summed E-state index contributed by atoms with van der Waals surface area (Å²) in [4.78, 5) is 12.8. The summed E-state index contributed by atoms with van der Waals surface area (Å²) in [6.07, 6.45) is 2.77. The lowest BCUT2D eigenvalue weighted by Gasteiger charge is -2.21. The number of fused-ring (bicyclic) bond motifs is 1. The smallest absolute Gasteiger partial charge is 0.222 e. The van der Waals surface area contributed by atoms with E-state index in [2.05, 4.69) is 5.32 Å². The minimum atomic E-state index is -0.841. The quantitative estimate of drug-likeness (QED) is 0.793. The molecule has 1 fully saturated rings. The molecule has 22 heavy (non-hydrogen) atoms. The van der Waals surface area contributed by atoms with Crippen molar-refractivity contribution in [1.82, 2.24) is 5.32 Å². The van der Waals surface area contributed by atoms with Crippen LogP contribution in [0.1, 0.15) is 43.1 Å². The lowest BCUT2D eigenvalue weighted by molar-refractivity contribution is -0.126. The molecule has 1 aromatic heterocycles. The number of carbonyl (C=O) groups is 1. The number of carbonyl (C=O) groups excluding carboxylic acids is 1. The molecule has 1 amide bonds. The number of hydrogen-bond acceptors (Lipinski definition) is 4. The molecule has 0 aliphatic heterocycles. The topological polar surface area (TPSA) is 69.6 Å². The summed E-state index contributed by atoms with van der Waals surface area (Å²) in [7, 11) is 0. The first kappa shape index (κ1) is 15.5. The van der Waals surface area contributed by atoms with Gasteiger partial charge in [-0.25, -0.2) is 0 Å². The molecular formula is C17H21NO3S. The fourth-order valence-corrected chi connectivity index (χ4v) is 4.10. The fourth-order valence-electron chi connectivity index (χ4n) is 3.05. The largest absolute Gasteiger partial charge is 0.389 e. The molecule has 2 aromatic rings. The minimum Gasteiger partial charge on any atom is -0.389 e. The summed E-state index contributed by atoms with van der Waals surface area (Å²) in [5.41, 5.74) is -0.841. The van der Waals surface area contributed by atoms with E-state index < -0.39 is 11.7 Å². The molecule has 0 saturated heterocycles. The van der Waals surface area contributed by atoms with Crippen molar-refractivity contribution in [2.45, 2.75) is 43.8 Å². The molecule has 118 valence electrons. The van der Waals surface area contributed by atoms with Crippen LogP contribution in [0.2, 0.25) is 0 Å². The monoisotopic (exact) mass is 319 g/mol. The second-order valence-corrected chi connectivity index (χ2v) is 7.23. The van der Waals surface area contributed by atoms with Crippen LogP contribution in [-0.4, -0.2) is 28.3 Å². The van der Waals surface area contributed by atoms with Gasteiger partial charge in [0.1, 0.15) is 6.10 Å². The van der Waals surface area contributed by atoms with E-state index in [4.69, 9.17) is 0 Å². The third-order valence-electron chi connectivity index (χ3n) is 4.29. The molecule has 0 radical (unpaired) electrons. The van der Waals surface area contributed by atoms with Gasteiger partial charge >= 0.3 is 0 Å². The number of thiophene rings is 1. The van der Waals surface area contributed by atoms with Crippen molar-refractivity contribution in [3.63, 3.8) is 0 Å². The van der Waals surface area contributed by atoms with Crippen molar-refractivity contribution in [2.24, 2.45) is 0 Å². The van der Waals surface area contributed by atoms with E-state index in [0.29, 0.717) is 12.8 Å². The maximum Gasteiger partial charge on any atom is 0.222 e. The van der Waals surface area contributed by atoms with E-state index >= 15 is 0 Å². The van der Waals surface area contributed by atoms with Crippen molar-refractivity contribution in [3.8, 4) is 0 Å². The molecule has 3 N–H and O–H groups in total. The molecule has 1 unspecified atom stereocenters.